The largest absolute Gasteiger partial charge is 0.493 e. The fraction of sp³-hybridized carbons (Fsp3) is 0.625. The van der Waals surface area contributed by atoms with Crippen LogP contribution in [-0.4, -0.2) is 40.0 Å². The van der Waals surface area contributed by atoms with E-state index >= 15 is 0 Å². The molecule has 0 aliphatic heterocycles. The summed E-state index contributed by atoms with van der Waals surface area (Å²) in [4.78, 5) is 0. The highest BCUT2D eigenvalue weighted by Crippen LogP contribution is 2.28. The Bertz CT molecular complexity index is 382. The monoisotopic (exact) mass is 281 g/mol. The van der Waals surface area contributed by atoms with Gasteiger partial charge in [0.1, 0.15) is 0 Å². The zero-order valence-corrected chi connectivity index (χ0v) is 13.1. The van der Waals surface area contributed by atoms with Crippen molar-refractivity contribution in [1.29, 1.82) is 0 Å². The zero-order valence-electron chi connectivity index (χ0n) is 13.1. The minimum Gasteiger partial charge on any atom is -0.493 e. The Hall–Kier alpha value is -1.26. The van der Waals surface area contributed by atoms with Crippen LogP contribution >= 0.6 is 0 Å². The first-order chi connectivity index (χ1) is 9.74. The van der Waals surface area contributed by atoms with Crippen molar-refractivity contribution in [3.63, 3.8) is 0 Å². The maximum absolute atomic E-state index is 5.44. The van der Waals surface area contributed by atoms with Crippen LogP contribution in [0.3, 0.4) is 0 Å². The van der Waals surface area contributed by atoms with Gasteiger partial charge in [-0.2, -0.15) is 0 Å². The standard InChI is InChI=1S/C16H27NO3/c1-5-17-14(9-10-20-6-2)11-13-7-8-15(18-3)16(12-13)19-4/h7-8,12,14,17H,5-6,9-11H2,1-4H3. The molecule has 114 valence electrons. The number of hydrogen-bond acceptors (Lipinski definition) is 4. The molecule has 20 heavy (non-hydrogen) atoms. The Kier molecular flexibility index (Phi) is 8.07. The van der Waals surface area contributed by atoms with Crippen LogP contribution in [0.1, 0.15) is 25.8 Å². The quantitative estimate of drug-likeness (QED) is 0.669. The number of likely N-dealkylation sites (N-methyl/N-ethyl adjacent to an activating group) is 1. The molecule has 0 aromatic heterocycles. The predicted molar refractivity (Wildman–Crippen MR) is 81.8 cm³/mol. The molecule has 1 N–H and O–H groups in total. The van der Waals surface area contributed by atoms with Gasteiger partial charge in [0.15, 0.2) is 11.5 Å². The Morgan fingerprint density at radius 1 is 1.10 bits per heavy atom. The highest BCUT2D eigenvalue weighted by Gasteiger charge is 2.11. The smallest absolute Gasteiger partial charge is 0.160 e. The van der Waals surface area contributed by atoms with Crippen molar-refractivity contribution in [1.82, 2.24) is 5.32 Å². The van der Waals surface area contributed by atoms with Gasteiger partial charge in [-0.15, -0.1) is 0 Å². The van der Waals surface area contributed by atoms with Gasteiger partial charge in [-0.25, -0.2) is 0 Å². The molecule has 0 radical (unpaired) electrons. The third kappa shape index (κ3) is 5.39. The summed E-state index contributed by atoms with van der Waals surface area (Å²) in [5.41, 5.74) is 1.24. The van der Waals surface area contributed by atoms with Gasteiger partial charge in [0.25, 0.3) is 0 Å². The molecule has 1 unspecified atom stereocenters. The molecule has 0 spiro atoms. The number of rotatable bonds is 10. The van der Waals surface area contributed by atoms with E-state index in [1.54, 1.807) is 14.2 Å². The van der Waals surface area contributed by atoms with Crippen molar-refractivity contribution in [2.24, 2.45) is 0 Å². The summed E-state index contributed by atoms with van der Waals surface area (Å²) in [5.74, 6) is 1.55. The lowest BCUT2D eigenvalue weighted by Crippen LogP contribution is -2.32. The van der Waals surface area contributed by atoms with Crippen LogP contribution in [-0.2, 0) is 11.2 Å². The van der Waals surface area contributed by atoms with Crippen LogP contribution in [0.5, 0.6) is 11.5 Å². The van der Waals surface area contributed by atoms with Gasteiger partial charge in [-0.05, 0) is 44.0 Å². The fourth-order valence-electron chi connectivity index (χ4n) is 2.23. The number of ether oxygens (including phenoxy) is 3. The van der Waals surface area contributed by atoms with E-state index < -0.39 is 0 Å². The molecule has 0 aliphatic carbocycles. The minimum absolute atomic E-state index is 0.421. The van der Waals surface area contributed by atoms with Crippen LogP contribution in [0.2, 0.25) is 0 Å². The molecule has 0 aliphatic rings. The van der Waals surface area contributed by atoms with Gasteiger partial charge < -0.3 is 19.5 Å². The molecule has 0 heterocycles. The molecular formula is C16H27NO3. The predicted octanol–water partition coefficient (Wildman–Crippen LogP) is 2.65. The maximum atomic E-state index is 5.44. The van der Waals surface area contributed by atoms with Crippen molar-refractivity contribution in [3.05, 3.63) is 23.8 Å². The molecule has 4 nitrogen and oxygen atoms in total. The summed E-state index contributed by atoms with van der Waals surface area (Å²) in [6.07, 6.45) is 1.97. The summed E-state index contributed by atoms with van der Waals surface area (Å²) in [6, 6.07) is 6.51. The Labute approximate surface area is 122 Å². The van der Waals surface area contributed by atoms with E-state index in [2.05, 4.69) is 18.3 Å². The van der Waals surface area contributed by atoms with E-state index in [0.717, 1.165) is 44.1 Å². The van der Waals surface area contributed by atoms with Crippen LogP contribution < -0.4 is 14.8 Å². The van der Waals surface area contributed by atoms with Gasteiger partial charge in [0.05, 0.1) is 14.2 Å². The Morgan fingerprint density at radius 2 is 1.85 bits per heavy atom. The summed E-state index contributed by atoms with van der Waals surface area (Å²) >= 11 is 0. The molecule has 0 saturated carbocycles. The highest BCUT2D eigenvalue weighted by molar-refractivity contribution is 5.43. The zero-order chi connectivity index (χ0) is 14.8. The van der Waals surface area contributed by atoms with E-state index in [9.17, 15) is 0 Å². The number of benzene rings is 1. The van der Waals surface area contributed by atoms with E-state index in [1.165, 1.54) is 5.56 Å². The summed E-state index contributed by atoms with van der Waals surface area (Å²) in [5, 5.41) is 3.50. The molecule has 4 heteroatoms. The van der Waals surface area contributed by atoms with Gasteiger partial charge in [-0.1, -0.05) is 13.0 Å². The van der Waals surface area contributed by atoms with E-state index in [0.29, 0.717) is 6.04 Å². The van der Waals surface area contributed by atoms with E-state index in [1.807, 2.05) is 19.1 Å². The summed E-state index contributed by atoms with van der Waals surface area (Å²) < 4.78 is 16.1. The molecule has 1 aromatic rings. The van der Waals surface area contributed by atoms with Gasteiger partial charge in [-0.3, -0.25) is 0 Å². The molecule has 0 bridgehead atoms. The number of nitrogens with one attached hydrogen (secondary N) is 1. The maximum Gasteiger partial charge on any atom is 0.160 e. The first-order valence-electron chi connectivity index (χ1n) is 7.27. The fourth-order valence-corrected chi connectivity index (χ4v) is 2.23. The van der Waals surface area contributed by atoms with Crippen molar-refractivity contribution in [2.75, 3.05) is 34.0 Å². The Morgan fingerprint density at radius 3 is 2.45 bits per heavy atom. The lowest BCUT2D eigenvalue weighted by Gasteiger charge is -2.18. The first-order valence-corrected chi connectivity index (χ1v) is 7.27. The second-order valence-corrected chi connectivity index (χ2v) is 4.63. The second kappa shape index (κ2) is 9.61. The molecular weight excluding hydrogens is 254 g/mol. The third-order valence-corrected chi connectivity index (χ3v) is 3.24. The topological polar surface area (TPSA) is 39.7 Å². The molecule has 1 rings (SSSR count). The molecule has 0 amide bonds. The van der Waals surface area contributed by atoms with Gasteiger partial charge in [0, 0.05) is 19.3 Å². The van der Waals surface area contributed by atoms with Gasteiger partial charge in [0.2, 0.25) is 0 Å². The van der Waals surface area contributed by atoms with Crippen LogP contribution in [0.4, 0.5) is 0 Å². The second-order valence-electron chi connectivity index (χ2n) is 4.63. The van der Waals surface area contributed by atoms with Crippen LogP contribution in [0.15, 0.2) is 18.2 Å². The average Bonchev–Trinajstić information content (AvgIpc) is 2.47. The number of methoxy groups -OCH3 is 2. The Balaban J connectivity index is 2.67. The van der Waals surface area contributed by atoms with E-state index in [-0.39, 0.29) is 0 Å². The lowest BCUT2D eigenvalue weighted by atomic mass is 10.0. The van der Waals surface area contributed by atoms with Crippen LogP contribution in [0.25, 0.3) is 0 Å². The third-order valence-electron chi connectivity index (χ3n) is 3.24. The van der Waals surface area contributed by atoms with Crippen molar-refractivity contribution < 1.29 is 14.2 Å². The highest BCUT2D eigenvalue weighted by atomic mass is 16.5. The number of hydrogen-bond donors (Lipinski definition) is 1. The normalized spacial score (nSPS) is 12.2. The SMILES string of the molecule is CCNC(CCOCC)Cc1ccc(OC)c(OC)c1. The summed E-state index contributed by atoms with van der Waals surface area (Å²) in [6.45, 7) is 6.68. The van der Waals surface area contributed by atoms with Crippen molar-refractivity contribution in [3.8, 4) is 11.5 Å². The average molecular weight is 281 g/mol. The molecule has 0 saturated heterocycles. The van der Waals surface area contributed by atoms with Gasteiger partial charge >= 0.3 is 0 Å². The first kappa shape index (κ1) is 16.8. The van der Waals surface area contributed by atoms with Crippen molar-refractivity contribution in [2.45, 2.75) is 32.7 Å². The molecule has 1 aromatic carbocycles. The van der Waals surface area contributed by atoms with E-state index in [4.69, 9.17) is 14.2 Å². The minimum atomic E-state index is 0.421. The lowest BCUT2D eigenvalue weighted by molar-refractivity contribution is 0.136. The van der Waals surface area contributed by atoms with Crippen molar-refractivity contribution >= 4 is 0 Å². The molecule has 0 fully saturated rings. The summed E-state index contributed by atoms with van der Waals surface area (Å²) in [7, 11) is 3.32. The van der Waals surface area contributed by atoms with Crippen LogP contribution in [0, 0.1) is 0 Å². The molecule has 1 atom stereocenters.